The molecular weight excluding hydrogens is 182 g/mol. The molecule has 2 N–H and O–H groups in total. The highest BCUT2D eigenvalue weighted by molar-refractivity contribution is 5.77. The Hall–Kier alpha value is -0.610. The molecule has 4 nitrogen and oxygen atoms in total. The summed E-state index contributed by atoms with van der Waals surface area (Å²) in [6.07, 6.45) is 1.34. The average Bonchev–Trinajstić information content (AvgIpc) is 2.54. The highest BCUT2D eigenvalue weighted by atomic mass is 16.6. The smallest absolute Gasteiger partial charge is 0.335 e. The van der Waals surface area contributed by atoms with E-state index in [4.69, 9.17) is 15.2 Å². The topological polar surface area (TPSA) is 61.5 Å². The maximum absolute atomic E-state index is 11.6. The molecule has 1 aliphatic carbocycles. The molecule has 1 atom stereocenters. The third-order valence-corrected chi connectivity index (χ3v) is 3.32. The van der Waals surface area contributed by atoms with E-state index in [0.717, 1.165) is 12.8 Å². The van der Waals surface area contributed by atoms with Crippen molar-refractivity contribution in [3.8, 4) is 0 Å². The number of esters is 1. The molecule has 0 aromatic rings. The Morgan fingerprint density at radius 3 is 2.79 bits per heavy atom. The van der Waals surface area contributed by atoms with Crippen LogP contribution in [-0.2, 0) is 14.3 Å². The minimum atomic E-state index is -0.433. The minimum absolute atomic E-state index is 0.128. The van der Waals surface area contributed by atoms with Gasteiger partial charge in [-0.15, -0.1) is 0 Å². The number of carbonyl (C=O) groups is 1. The molecule has 4 heteroatoms. The summed E-state index contributed by atoms with van der Waals surface area (Å²) in [5.74, 6) is -0.251. The first-order chi connectivity index (χ1) is 6.55. The van der Waals surface area contributed by atoms with Crippen molar-refractivity contribution in [1.82, 2.24) is 0 Å². The van der Waals surface area contributed by atoms with Crippen molar-refractivity contribution in [2.45, 2.75) is 38.4 Å². The SMILES string of the molecule is CCOC(=O)C1OC2(C)CC1(CN)C2. The highest BCUT2D eigenvalue weighted by Gasteiger charge is 2.67. The molecule has 0 radical (unpaired) electrons. The van der Waals surface area contributed by atoms with Crippen LogP contribution in [0.25, 0.3) is 0 Å². The molecule has 14 heavy (non-hydrogen) atoms. The van der Waals surface area contributed by atoms with E-state index in [9.17, 15) is 4.79 Å². The monoisotopic (exact) mass is 199 g/mol. The molecule has 0 aromatic carbocycles. The van der Waals surface area contributed by atoms with Crippen LogP contribution < -0.4 is 5.73 Å². The highest BCUT2D eigenvalue weighted by Crippen LogP contribution is 2.60. The van der Waals surface area contributed by atoms with Gasteiger partial charge >= 0.3 is 5.97 Å². The van der Waals surface area contributed by atoms with Crippen molar-refractivity contribution >= 4 is 5.97 Å². The number of rotatable bonds is 3. The van der Waals surface area contributed by atoms with Gasteiger partial charge < -0.3 is 15.2 Å². The number of fused-ring (bicyclic) bond motifs is 1. The van der Waals surface area contributed by atoms with Crippen LogP contribution in [0, 0.1) is 5.41 Å². The molecule has 1 unspecified atom stereocenters. The van der Waals surface area contributed by atoms with Crippen LogP contribution in [0.5, 0.6) is 0 Å². The molecule has 3 rings (SSSR count). The number of ether oxygens (including phenoxy) is 2. The van der Waals surface area contributed by atoms with Crippen molar-refractivity contribution < 1.29 is 14.3 Å². The van der Waals surface area contributed by atoms with E-state index in [-0.39, 0.29) is 17.0 Å². The lowest BCUT2D eigenvalue weighted by Gasteiger charge is -2.42. The molecule has 3 aliphatic rings. The zero-order valence-electron chi connectivity index (χ0n) is 8.71. The molecule has 0 amide bonds. The fourth-order valence-electron chi connectivity index (χ4n) is 2.88. The molecule has 80 valence electrons. The Kier molecular flexibility index (Phi) is 2.08. The van der Waals surface area contributed by atoms with E-state index < -0.39 is 6.10 Å². The lowest BCUT2D eigenvalue weighted by Crippen LogP contribution is -2.49. The molecule has 2 heterocycles. The van der Waals surface area contributed by atoms with Gasteiger partial charge in [0.05, 0.1) is 12.2 Å². The van der Waals surface area contributed by atoms with Crippen LogP contribution in [0.4, 0.5) is 0 Å². The Bertz CT molecular complexity index is 258. The first-order valence-corrected chi connectivity index (χ1v) is 5.10. The summed E-state index contributed by atoms with van der Waals surface area (Å²) in [6, 6.07) is 0. The zero-order valence-corrected chi connectivity index (χ0v) is 8.71. The lowest BCUT2D eigenvalue weighted by molar-refractivity contribution is -0.157. The van der Waals surface area contributed by atoms with Crippen molar-refractivity contribution in [2.24, 2.45) is 11.1 Å². The van der Waals surface area contributed by atoms with E-state index in [2.05, 4.69) is 0 Å². The van der Waals surface area contributed by atoms with Crippen LogP contribution >= 0.6 is 0 Å². The number of hydrogen-bond donors (Lipinski definition) is 1. The summed E-state index contributed by atoms with van der Waals surface area (Å²) in [7, 11) is 0. The molecule has 3 fully saturated rings. The Morgan fingerprint density at radius 2 is 2.29 bits per heavy atom. The Morgan fingerprint density at radius 1 is 1.64 bits per heavy atom. The summed E-state index contributed by atoms with van der Waals surface area (Å²) in [5.41, 5.74) is 5.44. The fourth-order valence-corrected chi connectivity index (χ4v) is 2.88. The second kappa shape index (κ2) is 2.94. The van der Waals surface area contributed by atoms with Gasteiger partial charge in [-0.3, -0.25) is 0 Å². The van der Waals surface area contributed by atoms with Crippen molar-refractivity contribution in [3.05, 3.63) is 0 Å². The molecule has 0 spiro atoms. The van der Waals surface area contributed by atoms with Crippen molar-refractivity contribution in [3.63, 3.8) is 0 Å². The van der Waals surface area contributed by atoms with Gasteiger partial charge in [-0.2, -0.15) is 0 Å². The van der Waals surface area contributed by atoms with Crippen LogP contribution in [-0.4, -0.2) is 30.8 Å². The summed E-state index contributed by atoms with van der Waals surface area (Å²) < 4.78 is 10.7. The maximum atomic E-state index is 11.6. The van der Waals surface area contributed by atoms with Gasteiger partial charge in [0.25, 0.3) is 0 Å². The quantitative estimate of drug-likeness (QED) is 0.670. The van der Waals surface area contributed by atoms with Gasteiger partial charge in [0, 0.05) is 12.0 Å². The third kappa shape index (κ3) is 1.17. The van der Waals surface area contributed by atoms with Crippen LogP contribution in [0.3, 0.4) is 0 Å². The summed E-state index contributed by atoms with van der Waals surface area (Å²) in [5, 5.41) is 0. The van der Waals surface area contributed by atoms with E-state index in [1.807, 2.05) is 6.92 Å². The maximum Gasteiger partial charge on any atom is 0.335 e. The van der Waals surface area contributed by atoms with E-state index in [1.165, 1.54) is 0 Å². The minimum Gasteiger partial charge on any atom is -0.464 e. The second-order valence-corrected chi connectivity index (χ2v) is 4.62. The Balaban J connectivity index is 2.10. The summed E-state index contributed by atoms with van der Waals surface area (Å²) in [4.78, 5) is 11.6. The van der Waals surface area contributed by atoms with Gasteiger partial charge in [0.1, 0.15) is 0 Å². The summed E-state index contributed by atoms with van der Waals surface area (Å²) in [6.45, 7) is 4.73. The molecule has 2 saturated heterocycles. The third-order valence-electron chi connectivity index (χ3n) is 3.32. The zero-order chi connectivity index (χ0) is 10.4. The van der Waals surface area contributed by atoms with Gasteiger partial charge in [-0.05, 0) is 26.7 Å². The van der Waals surface area contributed by atoms with E-state index in [0.29, 0.717) is 13.2 Å². The van der Waals surface area contributed by atoms with E-state index in [1.54, 1.807) is 6.92 Å². The molecule has 1 saturated carbocycles. The van der Waals surface area contributed by atoms with Gasteiger partial charge in [-0.1, -0.05) is 0 Å². The van der Waals surface area contributed by atoms with Crippen molar-refractivity contribution in [2.75, 3.05) is 13.2 Å². The van der Waals surface area contributed by atoms with Gasteiger partial charge in [0.15, 0.2) is 6.10 Å². The Labute approximate surface area is 83.7 Å². The normalized spacial score (nSPS) is 44.6. The largest absolute Gasteiger partial charge is 0.464 e. The number of nitrogens with two attached hydrogens (primary N) is 1. The standard InChI is InChI=1S/C10H17NO3/c1-3-13-8(12)7-10(6-11)4-9(2,5-10)14-7/h7H,3-6,11H2,1-2H3. The molecular formula is C10H17NO3. The van der Waals surface area contributed by atoms with Crippen LogP contribution in [0.2, 0.25) is 0 Å². The van der Waals surface area contributed by atoms with Gasteiger partial charge in [-0.25, -0.2) is 4.79 Å². The predicted molar refractivity (Wildman–Crippen MR) is 50.6 cm³/mol. The molecule has 2 aliphatic heterocycles. The molecule has 0 aromatic heterocycles. The van der Waals surface area contributed by atoms with E-state index >= 15 is 0 Å². The van der Waals surface area contributed by atoms with Gasteiger partial charge in [0.2, 0.25) is 0 Å². The number of hydrogen-bond acceptors (Lipinski definition) is 4. The fraction of sp³-hybridized carbons (Fsp3) is 0.900. The van der Waals surface area contributed by atoms with Crippen LogP contribution in [0.15, 0.2) is 0 Å². The van der Waals surface area contributed by atoms with Crippen LogP contribution in [0.1, 0.15) is 26.7 Å². The number of carbonyl (C=O) groups excluding carboxylic acids is 1. The average molecular weight is 199 g/mol. The lowest BCUT2D eigenvalue weighted by atomic mass is 9.61. The first-order valence-electron chi connectivity index (χ1n) is 5.10. The second-order valence-electron chi connectivity index (χ2n) is 4.62. The predicted octanol–water partition coefficient (Wildman–Crippen LogP) is 0.446. The summed E-state index contributed by atoms with van der Waals surface area (Å²) >= 11 is 0. The first kappa shape index (κ1) is 9.93. The molecule has 2 bridgehead atoms. The van der Waals surface area contributed by atoms with Crippen molar-refractivity contribution in [1.29, 1.82) is 0 Å².